The van der Waals surface area contributed by atoms with Gasteiger partial charge in [0, 0.05) is 43.1 Å². The van der Waals surface area contributed by atoms with E-state index in [4.69, 9.17) is 9.47 Å². The van der Waals surface area contributed by atoms with Crippen molar-refractivity contribution in [2.45, 2.75) is 25.1 Å². The maximum absolute atomic E-state index is 12.7. The largest absolute Gasteiger partial charge is 0.454 e. The molecule has 4 nitrogen and oxygen atoms in total. The first kappa shape index (κ1) is 16.9. The number of nitrogens with zero attached hydrogens (tertiary/aromatic N) is 1. The molecule has 3 rings (SSSR count). The molecule has 128 valence electrons. The number of benzene rings is 1. The number of fused-ring (bicyclic) bond motifs is 1. The van der Waals surface area contributed by atoms with E-state index in [0.717, 1.165) is 36.2 Å². The smallest absolute Gasteiger partial charge is 0.389 e. The Kier molecular flexibility index (Phi) is 5.03. The summed E-state index contributed by atoms with van der Waals surface area (Å²) in [4.78, 5) is 2.10. The van der Waals surface area contributed by atoms with E-state index in [1.165, 1.54) is 0 Å². The highest BCUT2D eigenvalue weighted by atomic mass is 79.9. The van der Waals surface area contributed by atoms with Crippen LogP contribution in [0.15, 0.2) is 16.6 Å². The Bertz CT molecular complexity index is 562. The Hall–Kier alpha value is -0.990. The summed E-state index contributed by atoms with van der Waals surface area (Å²) in [6.07, 6.45) is -4.93. The summed E-state index contributed by atoms with van der Waals surface area (Å²) in [6.45, 7) is 3.16. The molecule has 2 aliphatic rings. The molecule has 23 heavy (non-hydrogen) atoms. The lowest BCUT2D eigenvalue weighted by atomic mass is 9.98. The first-order chi connectivity index (χ1) is 10.9. The molecule has 0 saturated carbocycles. The molecule has 1 saturated heterocycles. The van der Waals surface area contributed by atoms with E-state index in [9.17, 15) is 13.2 Å². The molecule has 0 unspecified atom stereocenters. The Labute approximate surface area is 141 Å². The summed E-state index contributed by atoms with van der Waals surface area (Å²) >= 11 is 3.48. The average molecular weight is 395 g/mol. The van der Waals surface area contributed by atoms with Crippen LogP contribution in [-0.2, 0) is 0 Å². The van der Waals surface area contributed by atoms with Crippen LogP contribution in [0.4, 0.5) is 13.2 Å². The summed E-state index contributed by atoms with van der Waals surface area (Å²) in [6, 6.07) is 3.28. The van der Waals surface area contributed by atoms with Gasteiger partial charge in [0.15, 0.2) is 11.5 Å². The molecule has 0 aliphatic carbocycles. The maximum atomic E-state index is 12.7. The number of nitrogens with one attached hydrogen (secondary N) is 1. The predicted molar refractivity (Wildman–Crippen MR) is 82.7 cm³/mol. The fourth-order valence-electron chi connectivity index (χ4n) is 3.02. The van der Waals surface area contributed by atoms with Gasteiger partial charge in [0.05, 0.1) is 0 Å². The van der Waals surface area contributed by atoms with E-state index in [-0.39, 0.29) is 19.3 Å². The molecule has 0 amide bonds. The van der Waals surface area contributed by atoms with Gasteiger partial charge < -0.3 is 14.8 Å². The molecule has 1 atom stereocenters. The zero-order valence-electron chi connectivity index (χ0n) is 12.5. The van der Waals surface area contributed by atoms with Crippen LogP contribution in [0.25, 0.3) is 0 Å². The van der Waals surface area contributed by atoms with Crippen LogP contribution in [0, 0.1) is 0 Å². The van der Waals surface area contributed by atoms with Crippen molar-refractivity contribution in [2.75, 3.05) is 33.0 Å². The van der Waals surface area contributed by atoms with Crippen molar-refractivity contribution in [3.63, 3.8) is 0 Å². The number of hydrogen-bond acceptors (Lipinski definition) is 4. The van der Waals surface area contributed by atoms with Crippen LogP contribution in [0.3, 0.4) is 0 Å². The van der Waals surface area contributed by atoms with E-state index in [2.05, 4.69) is 26.1 Å². The highest BCUT2D eigenvalue weighted by molar-refractivity contribution is 9.10. The van der Waals surface area contributed by atoms with Gasteiger partial charge in [0.1, 0.15) is 0 Å². The molecule has 8 heteroatoms. The highest BCUT2D eigenvalue weighted by Gasteiger charge is 2.33. The zero-order valence-corrected chi connectivity index (χ0v) is 14.0. The summed E-state index contributed by atoms with van der Waals surface area (Å²) in [5.74, 6) is 1.21. The van der Waals surface area contributed by atoms with Crippen molar-refractivity contribution < 1.29 is 22.6 Å². The van der Waals surface area contributed by atoms with Crippen molar-refractivity contribution >= 4 is 15.9 Å². The SMILES string of the molecule is FC(F)(F)CC[C@H](c1cc2c(cc1Br)OCO2)N1CCNCC1. The van der Waals surface area contributed by atoms with E-state index in [1.54, 1.807) is 12.1 Å². The molecular weight excluding hydrogens is 377 g/mol. The molecule has 2 aliphatic heterocycles. The number of halogens is 4. The Balaban J connectivity index is 1.87. The molecule has 1 aromatic carbocycles. The minimum absolute atomic E-state index is 0.0295. The van der Waals surface area contributed by atoms with Crippen LogP contribution in [0.2, 0.25) is 0 Å². The van der Waals surface area contributed by atoms with Gasteiger partial charge in [-0.05, 0) is 24.1 Å². The normalized spacial score (nSPS) is 19.8. The van der Waals surface area contributed by atoms with Gasteiger partial charge in [-0.15, -0.1) is 0 Å². The number of alkyl halides is 3. The number of piperazine rings is 1. The van der Waals surface area contributed by atoms with Crippen molar-refractivity contribution in [2.24, 2.45) is 0 Å². The third kappa shape index (κ3) is 4.10. The van der Waals surface area contributed by atoms with Crippen LogP contribution < -0.4 is 14.8 Å². The molecule has 0 radical (unpaired) electrons. The predicted octanol–water partition coefficient (Wildman–Crippen LogP) is 3.47. The van der Waals surface area contributed by atoms with Gasteiger partial charge in [0.25, 0.3) is 0 Å². The monoisotopic (exact) mass is 394 g/mol. The summed E-state index contributed by atoms with van der Waals surface area (Å²) < 4.78 is 49.7. The molecule has 1 aromatic rings. The van der Waals surface area contributed by atoms with Crippen molar-refractivity contribution in [1.82, 2.24) is 10.2 Å². The lowest BCUT2D eigenvalue weighted by molar-refractivity contribution is -0.138. The first-order valence-electron chi connectivity index (χ1n) is 7.54. The molecule has 1 N–H and O–H groups in total. The summed E-state index contributed by atoms with van der Waals surface area (Å²) in [5, 5.41) is 3.23. The topological polar surface area (TPSA) is 33.7 Å². The molecule has 2 heterocycles. The Morgan fingerprint density at radius 3 is 2.48 bits per heavy atom. The third-order valence-electron chi connectivity index (χ3n) is 4.14. The molecule has 0 spiro atoms. The molecule has 0 bridgehead atoms. The molecule has 1 fully saturated rings. The van der Waals surface area contributed by atoms with Gasteiger partial charge >= 0.3 is 6.18 Å². The van der Waals surface area contributed by atoms with Crippen LogP contribution in [0.1, 0.15) is 24.4 Å². The first-order valence-corrected chi connectivity index (χ1v) is 8.34. The fourth-order valence-corrected chi connectivity index (χ4v) is 3.60. The lowest BCUT2D eigenvalue weighted by Gasteiger charge is -2.36. The zero-order chi connectivity index (χ0) is 16.4. The van der Waals surface area contributed by atoms with Crippen molar-refractivity contribution in [1.29, 1.82) is 0 Å². The standard InChI is InChI=1S/C15H18BrF3N2O2/c16-11-8-14-13(22-9-23-14)7-10(11)12(1-2-15(17,18)19)21-5-3-20-4-6-21/h7-8,12,20H,1-6,9H2/t12-/m1/s1. The molecular formula is C15H18BrF3N2O2. The van der Waals surface area contributed by atoms with Gasteiger partial charge in [-0.25, -0.2) is 0 Å². The lowest BCUT2D eigenvalue weighted by Crippen LogP contribution is -2.45. The van der Waals surface area contributed by atoms with Crippen LogP contribution in [0.5, 0.6) is 11.5 Å². The summed E-state index contributed by atoms with van der Waals surface area (Å²) in [7, 11) is 0. The summed E-state index contributed by atoms with van der Waals surface area (Å²) in [5.41, 5.74) is 0.820. The molecule has 0 aromatic heterocycles. The van der Waals surface area contributed by atoms with E-state index in [1.807, 2.05) is 0 Å². The van der Waals surface area contributed by atoms with Gasteiger partial charge in [-0.2, -0.15) is 13.2 Å². The van der Waals surface area contributed by atoms with Gasteiger partial charge in [0.2, 0.25) is 6.79 Å². The third-order valence-corrected chi connectivity index (χ3v) is 4.83. The second-order valence-electron chi connectivity index (χ2n) is 5.68. The van der Waals surface area contributed by atoms with E-state index >= 15 is 0 Å². The quantitative estimate of drug-likeness (QED) is 0.847. The maximum Gasteiger partial charge on any atom is 0.389 e. The Morgan fingerprint density at radius 1 is 1.17 bits per heavy atom. The van der Waals surface area contributed by atoms with Gasteiger partial charge in [-0.1, -0.05) is 15.9 Å². The van der Waals surface area contributed by atoms with Crippen molar-refractivity contribution in [3.05, 3.63) is 22.2 Å². The average Bonchev–Trinajstić information content (AvgIpc) is 2.94. The van der Waals surface area contributed by atoms with E-state index in [0.29, 0.717) is 11.5 Å². The highest BCUT2D eigenvalue weighted by Crippen LogP contribution is 2.42. The van der Waals surface area contributed by atoms with Crippen LogP contribution in [-0.4, -0.2) is 44.0 Å². The van der Waals surface area contributed by atoms with Gasteiger partial charge in [-0.3, -0.25) is 4.90 Å². The minimum atomic E-state index is -4.16. The van der Waals surface area contributed by atoms with E-state index < -0.39 is 12.6 Å². The number of hydrogen-bond donors (Lipinski definition) is 1. The van der Waals surface area contributed by atoms with Crippen molar-refractivity contribution in [3.8, 4) is 11.5 Å². The second kappa shape index (κ2) is 6.86. The number of ether oxygens (including phenoxy) is 2. The Morgan fingerprint density at radius 2 is 1.83 bits per heavy atom. The minimum Gasteiger partial charge on any atom is -0.454 e. The number of rotatable bonds is 4. The van der Waals surface area contributed by atoms with Crippen LogP contribution >= 0.6 is 15.9 Å². The fraction of sp³-hybridized carbons (Fsp3) is 0.600. The second-order valence-corrected chi connectivity index (χ2v) is 6.54.